The van der Waals surface area contributed by atoms with Crippen molar-refractivity contribution < 1.29 is 9.59 Å². The van der Waals surface area contributed by atoms with E-state index in [4.69, 9.17) is 5.73 Å². The van der Waals surface area contributed by atoms with Crippen LogP contribution >= 0.6 is 11.3 Å². The highest BCUT2D eigenvalue weighted by Gasteiger charge is 2.21. The first-order valence-electron chi connectivity index (χ1n) is 12.3. The number of pyridine rings is 1. The molecule has 188 valence electrons. The molecule has 5 N–H and O–H groups in total. The monoisotopic (exact) mass is 506 g/mol. The Morgan fingerprint density at radius 1 is 1.22 bits per heavy atom. The van der Waals surface area contributed by atoms with Crippen molar-refractivity contribution in [1.29, 1.82) is 0 Å². The topological polar surface area (TPSA) is 139 Å². The van der Waals surface area contributed by atoms with Gasteiger partial charge in [0.25, 0.3) is 11.8 Å². The van der Waals surface area contributed by atoms with E-state index in [-0.39, 0.29) is 11.8 Å². The van der Waals surface area contributed by atoms with Crippen LogP contribution in [0.1, 0.15) is 63.4 Å². The van der Waals surface area contributed by atoms with Crippen molar-refractivity contribution in [1.82, 2.24) is 25.2 Å². The average molecular weight is 507 g/mol. The Morgan fingerprint density at radius 2 is 2.08 bits per heavy atom. The lowest BCUT2D eigenvalue weighted by Crippen LogP contribution is -2.40. The Bertz CT molecular complexity index is 1350. The third-order valence-corrected chi connectivity index (χ3v) is 7.75. The third kappa shape index (κ3) is 5.02. The van der Waals surface area contributed by atoms with Crippen molar-refractivity contribution in [3.05, 3.63) is 52.6 Å². The number of hydrogen-bond acceptors (Lipinski definition) is 8. The first-order valence-corrected chi connectivity index (χ1v) is 13.1. The zero-order chi connectivity index (χ0) is 25.1. The number of amides is 2. The summed E-state index contributed by atoms with van der Waals surface area (Å²) in [5.74, 6) is -0.540. The summed E-state index contributed by atoms with van der Waals surface area (Å²) in [5.41, 5.74) is 9.72. The largest absolute Gasteiger partial charge is 0.404 e. The van der Waals surface area contributed by atoms with Gasteiger partial charge in [0.1, 0.15) is 4.83 Å². The van der Waals surface area contributed by atoms with Gasteiger partial charge in [0.2, 0.25) is 0 Å². The van der Waals surface area contributed by atoms with E-state index >= 15 is 0 Å². The fourth-order valence-corrected chi connectivity index (χ4v) is 5.39. The van der Waals surface area contributed by atoms with Gasteiger partial charge in [0.05, 0.1) is 33.6 Å². The summed E-state index contributed by atoms with van der Waals surface area (Å²) < 4.78 is 1.68. The van der Waals surface area contributed by atoms with Gasteiger partial charge in [-0.15, -0.1) is 11.3 Å². The fraction of sp³-hybridized carbons (Fsp3) is 0.400. The van der Waals surface area contributed by atoms with Crippen LogP contribution in [0.15, 0.2) is 35.8 Å². The molecule has 0 aromatic carbocycles. The van der Waals surface area contributed by atoms with Crippen molar-refractivity contribution in [3.63, 3.8) is 0 Å². The van der Waals surface area contributed by atoms with Crippen LogP contribution in [0.2, 0.25) is 0 Å². The van der Waals surface area contributed by atoms with Crippen LogP contribution in [-0.4, -0.2) is 57.8 Å². The zero-order valence-corrected chi connectivity index (χ0v) is 21.0. The maximum absolute atomic E-state index is 13.2. The molecule has 0 bridgehead atoms. The van der Waals surface area contributed by atoms with Gasteiger partial charge < -0.3 is 21.7 Å². The number of carbonyl (C=O) groups is 2. The molecule has 0 saturated heterocycles. The van der Waals surface area contributed by atoms with E-state index in [9.17, 15) is 9.59 Å². The molecule has 3 aromatic heterocycles. The van der Waals surface area contributed by atoms with E-state index in [0.717, 1.165) is 42.1 Å². The highest BCUT2D eigenvalue weighted by Crippen LogP contribution is 2.30. The Balaban J connectivity index is 1.27. The van der Waals surface area contributed by atoms with Crippen LogP contribution in [0.3, 0.4) is 0 Å². The lowest BCUT2D eigenvalue weighted by molar-refractivity contribution is 0.0951. The second-order valence-electron chi connectivity index (χ2n) is 9.06. The van der Waals surface area contributed by atoms with Crippen molar-refractivity contribution in [2.75, 3.05) is 25.0 Å². The predicted octanol–water partition coefficient (Wildman–Crippen LogP) is 2.76. The number of carbonyl (C=O) groups excluding carboxylic acids is 2. The molecule has 36 heavy (non-hydrogen) atoms. The molecule has 0 spiro atoms. The summed E-state index contributed by atoms with van der Waals surface area (Å²) in [7, 11) is 0. The number of aryl methyl sites for hydroxylation is 1. The quantitative estimate of drug-likeness (QED) is 0.329. The van der Waals surface area contributed by atoms with E-state index in [0.29, 0.717) is 39.9 Å². The molecule has 5 rings (SSSR count). The summed E-state index contributed by atoms with van der Waals surface area (Å²) in [6.07, 6.45) is 12.1. The number of rotatable bonds is 9. The van der Waals surface area contributed by atoms with Gasteiger partial charge in [-0.05, 0) is 38.7 Å². The van der Waals surface area contributed by atoms with Gasteiger partial charge in [-0.25, -0.2) is 4.52 Å². The molecule has 11 heteroatoms. The molecule has 0 atom stereocenters. The molecule has 10 nitrogen and oxygen atoms in total. The Hall–Kier alpha value is -3.57. The summed E-state index contributed by atoms with van der Waals surface area (Å²) in [4.78, 5) is 36.3. The average Bonchev–Trinajstić information content (AvgIpc) is 3.58. The predicted molar refractivity (Wildman–Crippen MR) is 142 cm³/mol. The van der Waals surface area contributed by atoms with Gasteiger partial charge in [-0.3, -0.25) is 19.6 Å². The molecule has 0 radical (unpaired) electrons. The maximum Gasteiger partial charge on any atom is 0.260 e. The van der Waals surface area contributed by atoms with E-state index in [2.05, 4.69) is 31.0 Å². The number of nitrogens with two attached hydrogens (primary N) is 1. The van der Waals surface area contributed by atoms with Gasteiger partial charge in [0, 0.05) is 55.6 Å². The summed E-state index contributed by atoms with van der Waals surface area (Å²) in [6.45, 7) is 3.86. The Morgan fingerprint density at radius 3 is 2.81 bits per heavy atom. The van der Waals surface area contributed by atoms with Crippen LogP contribution in [0.5, 0.6) is 0 Å². The zero-order valence-electron chi connectivity index (χ0n) is 20.2. The van der Waals surface area contributed by atoms with Crippen LogP contribution in [0, 0.1) is 6.92 Å². The lowest BCUT2D eigenvalue weighted by Gasteiger charge is -2.26. The molecule has 1 aliphatic heterocycles. The van der Waals surface area contributed by atoms with E-state index in [1.54, 1.807) is 23.7 Å². The minimum atomic E-state index is -0.318. The van der Waals surface area contributed by atoms with Crippen molar-refractivity contribution in [2.45, 2.75) is 45.1 Å². The first kappa shape index (κ1) is 24.1. The van der Waals surface area contributed by atoms with Crippen LogP contribution in [0.4, 0.5) is 5.69 Å². The van der Waals surface area contributed by atoms with Crippen LogP contribution in [0.25, 0.3) is 10.4 Å². The van der Waals surface area contributed by atoms with Crippen molar-refractivity contribution in [3.8, 4) is 0 Å². The molecule has 2 aliphatic rings. The van der Waals surface area contributed by atoms with Crippen LogP contribution in [-0.2, 0) is 0 Å². The number of nitrogens with one attached hydrogen (secondary N) is 3. The number of aliphatic imine (C=N–C) groups is 1. The summed E-state index contributed by atoms with van der Waals surface area (Å²) >= 11 is 1.44. The number of anilines is 1. The van der Waals surface area contributed by atoms with Crippen LogP contribution < -0.4 is 21.7 Å². The second kappa shape index (κ2) is 10.6. The summed E-state index contributed by atoms with van der Waals surface area (Å²) in [6, 6.07) is 2.23. The molecular weight excluding hydrogens is 476 g/mol. The van der Waals surface area contributed by atoms with Gasteiger partial charge in [0.15, 0.2) is 0 Å². The Labute approximate surface area is 213 Å². The fourth-order valence-electron chi connectivity index (χ4n) is 4.29. The molecular formula is C25H30N8O2S. The minimum Gasteiger partial charge on any atom is -0.404 e. The molecule has 1 fully saturated rings. The normalized spacial score (nSPS) is 16.1. The maximum atomic E-state index is 13.2. The van der Waals surface area contributed by atoms with Gasteiger partial charge >= 0.3 is 0 Å². The number of hydrogen-bond donors (Lipinski definition) is 4. The van der Waals surface area contributed by atoms with E-state index in [1.165, 1.54) is 43.0 Å². The SMILES string of the molecule is Cc1ncc(C(=O)NCCNC2CCC2)cc1NC(=O)c1cnn2cc(C(=CN)C3=NCCC3)sc12. The minimum absolute atomic E-state index is 0.222. The van der Waals surface area contributed by atoms with E-state index < -0.39 is 0 Å². The summed E-state index contributed by atoms with van der Waals surface area (Å²) in [5, 5.41) is 13.6. The number of nitrogens with zero attached hydrogens (tertiary/aromatic N) is 4. The van der Waals surface area contributed by atoms with Crippen molar-refractivity contribution in [2.24, 2.45) is 10.7 Å². The number of thiazole rings is 1. The number of allylic oxidation sites excluding steroid dienone is 1. The molecule has 2 amide bonds. The standard InChI is InChI=1S/C25H30N8O2S/c1-15-21(10-16(12-30-15)23(34)29-9-8-27-17-4-2-5-17)32-24(35)19-13-31-33-14-22(36-25(19)33)18(11-26)20-6-3-7-28-20/h10-14,17,27H,2-9,26H2,1H3,(H,29,34)(H,32,35). The smallest absolute Gasteiger partial charge is 0.260 e. The first-order chi connectivity index (χ1) is 17.5. The number of fused-ring (bicyclic) bond motifs is 1. The molecule has 3 aromatic rings. The van der Waals surface area contributed by atoms with E-state index in [1.807, 2.05) is 6.20 Å². The second-order valence-corrected chi connectivity index (χ2v) is 10.1. The Kier molecular flexibility index (Phi) is 7.10. The number of aromatic nitrogens is 3. The molecule has 4 heterocycles. The lowest BCUT2D eigenvalue weighted by atomic mass is 9.93. The molecule has 1 aliphatic carbocycles. The molecule has 0 unspecified atom stereocenters. The third-order valence-electron chi connectivity index (χ3n) is 6.60. The molecule has 1 saturated carbocycles. The van der Waals surface area contributed by atoms with Gasteiger partial charge in [-0.2, -0.15) is 5.10 Å². The highest BCUT2D eigenvalue weighted by molar-refractivity contribution is 7.19. The van der Waals surface area contributed by atoms with Crippen molar-refractivity contribution >= 4 is 45.0 Å². The van der Waals surface area contributed by atoms with Gasteiger partial charge in [-0.1, -0.05) is 6.42 Å². The highest BCUT2D eigenvalue weighted by atomic mass is 32.1.